The van der Waals surface area contributed by atoms with Crippen LogP contribution in [0, 0.1) is 5.82 Å². The smallest absolute Gasteiger partial charge is 0.199 e. The number of nitrogens with one attached hydrogen (secondary N) is 1. The molecule has 1 aromatic heterocycles. The van der Waals surface area contributed by atoms with E-state index in [2.05, 4.69) is 9.88 Å². The SMILES string of the molecule is CCCC(=O)CCc1ccc(C(=Nc2ccc(CN(C)C)cc2)c2c(O)[nH]c3cc(F)ccc23)cc1. The molecule has 4 rings (SSSR count). The number of Topliss-reactive ketones (excluding diaryl/α,β-unsaturated/α-hetero) is 1. The Balaban J connectivity index is 1.73. The van der Waals surface area contributed by atoms with Crippen molar-refractivity contribution in [2.75, 3.05) is 14.1 Å². The quantitative estimate of drug-likeness (QED) is 0.251. The van der Waals surface area contributed by atoms with Crippen molar-refractivity contribution >= 4 is 28.1 Å². The molecular weight excluding hydrogens is 453 g/mol. The molecule has 0 aliphatic rings. The largest absolute Gasteiger partial charge is 0.494 e. The van der Waals surface area contributed by atoms with Crippen molar-refractivity contribution in [2.24, 2.45) is 4.99 Å². The van der Waals surface area contributed by atoms with Crippen LogP contribution in [0.15, 0.2) is 71.7 Å². The minimum absolute atomic E-state index is 0.0622. The van der Waals surface area contributed by atoms with Crippen molar-refractivity contribution in [3.05, 3.63) is 94.8 Å². The van der Waals surface area contributed by atoms with Gasteiger partial charge in [0.15, 0.2) is 5.88 Å². The van der Waals surface area contributed by atoms with Gasteiger partial charge in [-0.25, -0.2) is 9.38 Å². The summed E-state index contributed by atoms with van der Waals surface area (Å²) in [5, 5.41) is 11.5. The normalized spacial score (nSPS) is 12.0. The number of aryl methyl sites for hydroxylation is 1. The monoisotopic (exact) mass is 485 g/mol. The number of ketones is 1. The number of aliphatic imine (C=N–C) groups is 1. The molecule has 1 heterocycles. The highest BCUT2D eigenvalue weighted by atomic mass is 19.1. The number of benzene rings is 3. The lowest BCUT2D eigenvalue weighted by molar-refractivity contribution is -0.119. The number of nitrogens with zero attached hydrogens (tertiary/aromatic N) is 2. The van der Waals surface area contributed by atoms with E-state index < -0.39 is 0 Å². The Labute approximate surface area is 211 Å². The molecule has 5 nitrogen and oxygen atoms in total. The van der Waals surface area contributed by atoms with Crippen molar-refractivity contribution in [1.29, 1.82) is 0 Å². The second-order valence-electron chi connectivity index (χ2n) is 9.39. The maximum atomic E-state index is 13.8. The standard InChI is InChI=1S/C30H32FN3O2/c1-4-5-25(35)16-10-20-6-11-22(12-7-20)29(32-24-14-8-21(9-15-24)19-34(2)3)28-26-17-13-23(31)18-27(26)33-30(28)36/h6-9,11-15,17-18,33,36H,4-5,10,16,19H2,1-3H3. The summed E-state index contributed by atoms with van der Waals surface area (Å²) >= 11 is 0. The van der Waals surface area contributed by atoms with Crippen molar-refractivity contribution < 1.29 is 14.3 Å². The minimum Gasteiger partial charge on any atom is -0.494 e. The van der Waals surface area contributed by atoms with Crippen LogP contribution in [0.4, 0.5) is 10.1 Å². The number of carbonyl (C=O) groups excluding carboxylic acids is 1. The molecule has 4 aromatic rings. The first-order valence-corrected chi connectivity index (χ1v) is 12.3. The number of H-pyrrole nitrogens is 1. The molecule has 0 saturated carbocycles. The van der Waals surface area contributed by atoms with Gasteiger partial charge in [-0.05, 0) is 68.4 Å². The van der Waals surface area contributed by atoms with Crippen molar-refractivity contribution in [1.82, 2.24) is 9.88 Å². The van der Waals surface area contributed by atoms with Gasteiger partial charge in [-0.3, -0.25) is 4.79 Å². The number of hydrogen-bond acceptors (Lipinski definition) is 4. The van der Waals surface area contributed by atoms with Crippen LogP contribution in [-0.4, -0.2) is 40.6 Å². The second kappa shape index (κ2) is 11.3. The fourth-order valence-electron chi connectivity index (χ4n) is 4.35. The molecule has 0 aliphatic carbocycles. The summed E-state index contributed by atoms with van der Waals surface area (Å²) in [6.07, 6.45) is 2.70. The number of fused-ring (bicyclic) bond motifs is 1. The van der Waals surface area contributed by atoms with Crippen molar-refractivity contribution in [3.8, 4) is 5.88 Å². The van der Waals surface area contributed by atoms with Gasteiger partial charge in [0.1, 0.15) is 11.6 Å². The van der Waals surface area contributed by atoms with Gasteiger partial charge < -0.3 is 15.0 Å². The predicted octanol–water partition coefficient (Wildman–Crippen LogP) is 6.55. The fraction of sp³-hybridized carbons (Fsp3) is 0.267. The lowest BCUT2D eigenvalue weighted by Crippen LogP contribution is -2.10. The molecule has 186 valence electrons. The average molecular weight is 486 g/mol. The molecule has 3 aromatic carbocycles. The first-order chi connectivity index (χ1) is 17.3. The van der Waals surface area contributed by atoms with Crippen LogP contribution in [0.3, 0.4) is 0 Å². The molecule has 36 heavy (non-hydrogen) atoms. The van der Waals surface area contributed by atoms with Gasteiger partial charge in [0.2, 0.25) is 0 Å². The van der Waals surface area contributed by atoms with Gasteiger partial charge in [-0.15, -0.1) is 0 Å². The van der Waals surface area contributed by atoms with Crippen LogP contribution in [-0.2, 0) is 17.8 Å². The van der Waals surface area contributed by atoms with E-state index in [1.165, 1.54) is 17.7 Å². The first kappa shape index (κ1) is 25.3. The highest BCUT2D eigenvalue weighted by molar-refractivity contribution is 6.21. The Kier molecular flexibility index (Phi) is 7.96. The summed E-state index contributed by atoms with van der Waals surface area (Å²) < 4.78 is 13.8. The highest BCUT2D eigenvalue weighted by Gasteiger charge is 2.19. The van der Waals surface area contributed by atoms with Crippen molar-refractivity contribution in [2.45, 2.75) is 39.2 Å². The maximum Gasteiger partial charge on any atom is 0.199 e. The van der Waals surface area contributed by atoms with Crippen LogP contribution in [0.2, 0.25) is 0 Å². The van der Waals surface area contributed by atoms with E-state index in [0.717, 1.165) is 29.8 Å². The summed E-state index contributed by atoms with van der Waals surface area (Å²) in [5.74, 6) is -0.169. The van der Waals surface area contributed by atoms with Gasteiger partial charge in [-0.1, -0.05) is 43.3 Å². The molecule has 2 N–H and O–H groups in total. The first-order valence-electron chi connectivity index (χ1n) is 12.3. The number of hydrogen-bond donors (Lipinski definition) is 2. The molecule has 0 saturated heterocycles. The Morgan fingerprint density at radius 1 is 0.972 bits per heavy atom. The van der Waals surface area contributed by atoms with Gasteiger partial charge in [-0.2, -0.15) is 0 Å². The number of aromatic amines is 1. The van der Waals surface area contributed by atoms with E-state index in [4.69, 9.17) is 4.99 Å². The van der Waals surface area contributed by atoms with E-state index in [1.807, 2.05) is 69.6 Å². The van der Waals surface area contributed by atoms with Crippen LogP contribution in [0.1, 0.15) is 48.4 Å². The molecule has 0 spiro atoms. The molecule has 0 fully saturated rings. The van der Waals surface area contributed by atoms with Gasteiger partial charge in [0.05, 0.1) is 22.5 Å². The lowest BCUT2D eigenvalue weighted by atomic mass is 9.98. The van der Waals surface area contributed by atoms with Crippen LogP contribution in [0.25, 0.3) is 10.9 Å². The third kappa shape index (κ3) is 6.07. The fourth-order valence-corrected chi connectivity index (χ4v) is 4.35. The molecule has 6 heteroatoms. The van der Waals surface area contributed by atoms with Crippen LogP contribution in [0.5, 0.6) is 5.88 Å². The van der Waals surface area contributed by atoms with Crippen LogP contribution >= 0.6 is 0 Å². The van der Waals surface area contributed by atoms with Gasteiger partial charge in [0.25, 0.3) is 0 Å². The summed E-state index contributed by atoms with van der Waals surface area (Å²) in [4.78, 5) is 21.9. The Morgan fingerprint density at radius 3 is 2.33 bits per heavy atom. The Hall–Kier alpha value is -3.77. The third-order valence-electron chi connectivity index (χ3n) is 6.10. The number of rotatable bonds is 10. The van der Waals surface area contributed by atoms with E-state index in [9.17, 15) is 14.3 Å². The van der Waals surface area contributed by atoms with Crippen molar-refractivity contribution in [3.63, 3.8) is 0 Å². The average Bonchev–Trinajstić information content (AvgIpc) is 3.17. The molecule has 0 aliphatic heterocycles. The predicted molar refractivity (Wildman–Crippen MR) is 144 cm³/mol. The number of aromatic nitrogens is 1. The summed E-state index contributed by atoms with van der Waals surface area (Å²) in [5.41, 5.74) is 5.41. The zero-order chi connectivity index (χ0) is 25.7. The number of carbonyl (C=O) groups is 1. The van der Waals surface area contributed by atoms with E-state index >= 15 is 0 Å². The van der Waals surface area contributed by atoms with E-state index in [-0.39, 0.29) is 17.5 Å². The van der Waals surface area contributed by atoms with E-state index in [0.29, 0.717) is 41.4 Å². The maximum absolute atomic E-state index is 13.8. The molecule has 0 radical (unpaired) electrons. The molecule has 0 unspecified atom stereocenters. The second-order valence-corrected chi connectivity index (χ2v) is 9.39. The molecule has 0 bridgehead atoms. The lowest BCUT2D eigenvalue weighted by Gasteiger charge is -2.11. The summed E-state index contributed by atoms with van der Waals surface area (Å²) in [7, 11) is 4.05. The van der Waals surface area contributed by atoms with E-state index in [1.54, 1.807) is 6.07 Å². The third-order valence-corrected chi connectivity index (χ3v) is 6.10. The summed E-state index contributed by atoms with van der Waals surface area (Å²) in [6.45, 7) is 2.84. The molecular formula is C30H32FN3O2. The minimum atomic E-state index is -0.382. The Morgan fingerprint density at radius 2 is 1.67 bits per heavy atom. The molecule has 0 atom stereocenters. The molecule has 0 amide bonds. The van der Waals surface area contributed by atoms with Crippen LogP contribution < -0.4 is 0 Å². The zero-order valence-electron chi connectivity index (χ0n) is 21.0. The Bertz CT molecular complexity index is 1370. The number of aromatic hydroxyl groups is 1. The van der Waals surface area contributed by atoms with Gasteiger partial charge in [0, 0.05) is 30.3 Å². The number of halogens is 1. The van der Waals surface area contributed by atoms with Gasteiger partial charge >= 0.3 is 0 Å². The zero-order valence-corrected chi connectivity index (χ0v) is 21.0. The highest BCUT2D eigenvalue weighted by Crippen LogP contribution is 2.32. The topological polar surface area (TPSA) is 68.7 Å². The summed E-state index contributed by atoms with van der Waals surface area (Å²) in [6, 6.07) is 20.3.